The fourth-order valence-corrected chi connectivity index (χ4v) is 5.82. The van der Waals surface area contributed by atoms with Gasteiger partial charge in [0.1, 0.15) is 5.54 Å². The topological polar surface area (TPSA) is 69.7 Å². The van der Waals surface area contributed by atoms with Crippen LogP contribution in [0.2, 0.25) is 0 Å². The first-order valence-corrected chi connectivity index (χ1v) is 9.35. The molecule has 0 saturated carbocycles. The molecular weight excluding hydrogens is 330 g/mol. The zero-order valence-corrected chi connectivity index (χ0v) is 15.3. The highest BCUT2D eigenvalue weighted by molar-refractivity contribution is 6.15. The zero-order valence-electron chi connectivity index (χ0n) is 15.3. The Balaban J connectivity index is 1.76. The maximum Gasteiger partial charge on any atom is 0.250 e. The molecule has 1 aromatic rings. The van der Waals surface area contributed by atoms with Gasteiger partial charge in [0, 0.05) is 22.8 Å². The van der Waals surface area contributed by atoms with Crippen molar-refractivity contribution in [1.82, 2.24) is 9.80 Å². The lowest BCUT2D eigenvalue weighted by molar-refractivity contribution is -0.150. The summed E-state index contributed by atoms with van der Waals surface area (Å²) in [6, 6.07) is 7.56. The van der Waals surface area contributed by atoms with Crippen LogP contribution >= 0.6 is 0 Å². The third kappa shape index (κ3) is 1.60. The lowest BCUT2D eigenvalue weighted by Gasteiger charge is -2.38. The number of carbonyl (C=O) groups excluding carboxylic acids is 3. The summed E-state index contributed by atoms with van der Waals surface area (Å²) in [4.78, 5) is 43.7. The Bertz CT molecular complexity index is 858. The van der Waals surface area contributed by atoms with Gasteiger partial charge in [-0.3, -0.25) is 24.2 Å². The average molecular weight is 353 g/mol. The number of benzene rings is 1. The summed E-state index contributed by atoms with van der Waals surface area (Å²) >= 11 is 0. The molecule has 1 N–H and O–H groups in total. The summed E-state index contributed by atoms with van der Waals surface area (Å²) in [5.74, 6) is -1.54. The van der Waals surface area contributed by atoms with Crippen molar-refractivity contribution in [1.29, 1.82) is 0 Å². The van der Waals surface area contributed by atoms with Crippen LogP contribution in [0.15, 0.2) is 24.3 Å². The van der Waals surface area contributed by atoms with Gasteiger partial charge in [0.15, 0.2) is 0 Å². The van der Waals surface area contributed by atoms with Crippen LogP contribution in [0.4, 0.5) is 5.69 Å². The molecule has 0 radical (unpaired) electrons. The van der Waals surface area contributed by atoms with E-state index in [2.05, 4.69) is 10.2 Å². The monoisotopic (exact) mass is 353 g/mol. The zero-order chi connectivity index (χ0) is 18.4. The van der Waals surface area contributed by atoms with Gasteiger partial charge in [0.2, 0.25) is 17.7 Å². The van der Waals surface area contributed by atoms with Gasteiger partial charge in [-0.1, -0.05) is 18.2 Å². The minimum Gasteiger partial charge on any atom is -0.324 e. The molecule has 1 spiro atoms. The molecule has 4 heterocycles. The first-order chi connectivity index (χ1) is 12.3. The molecule has 3 amide bonds. The smallest absolute Gasteiger partial charge is 0.250 e. The van der Waals surface area contributed by atoms with Crippen LogP contribution in [0, 0.1) is 11.8 Å². The predicted octanol–water partition coefficient (Wildman–Crippen LogP) is 1.71. The number of hydrogen-bond donors (Lipinski definition) is 1. The molecule has 3 saturated heterocycles. The second-order valence-electron chi connectivity index (χ2n) is 8.86. The predicted molar refractivity (Wildman–Crippen MR) is 95.1 cm³/mol. The quantitative estimate of drug-likeness (QED) is 0.721. The maximum atomic E-state index is 13.5. The van der Waals surface area contributed by atoms with E-state index in [4.69, 9.17) is 0 Å². The van der Waals surface area contributed by atoms with E-state index in [-0.39, 0.29) is 23.8 Å². The van der Waals surface area contributed by atoms with Gasteiger partial charge < -0.3 is 5.32 Å². The Labute approximate surface area is 152 Å². The minimum atomic E-state index is -1.05. The van der Waals surface area contributed by atoms with Gasteiger partial charge in [-0.2, -0.15) is 0 Å². The third-order valence-electron chi connectivity index (χ3n) is 6.57. The molecule has 2 unspecified atom stereocenters. The number of para-hydroxylation sites is 1. The van der Waals surface area contributed by atoms with Crippen molar-refractivity contribution >= 4 is 23.4 Å². The van der Waals surface area contributed by atoms with E-state index < -0.39 is 22.9 Å². The highest BCUT2D eigenvalue weighted by Crippen LogP contribution is 2.60. The van der Waals surface area contributed by atoms with Gasteiger partial charge >= 0.3 is 0 Å². The lowest BCUT2D eigenvalue weighted by atomic mass is 9.75. The second-order valence-corrected chi connectivity index (χ2v) is 8.86. The first-order valence-electron chi connectivity index (χ1n) is 9.35. The molecule has 1 aromatic carbocycles. The highest BCUT2D eigenvalue weighted by atomic mass is 16.2. The van der Waals surface area contributed by atoms with Crippen molar-refractivity contribution in [3.8, 4) is 0 Å². The number of nitrogens with zero attached hydrogens (tertiary/aromatic N) is 2. The summed E-state index contributed by atoms with van der Waals surface area (Å²) < 4.78 is 0. The van der Waals surface area contributed by atoms with Gasteiger partial charge in [0.25, 0.3) is 0 Å². The summed E-state index contributed by atoms with van der Waals surface area (Å²) in [7, 11) is 0. The van der Waals surface area contributed by atoms with Crippen molar-refractivity contribution < 1.29 is 14.4 Å². The molecule has 4 atom stereocenters. The number of carbonyl (C=O) groups is 3. The number of nitrogens with one attached hydrogen (secondary N) is 1. The molecule has 0 aliphatic carbocycles. The Hall–Kier alpha value is -2.21. The standard InChI is InChI=1S/C20H23N3O3/c1-19(2,3)23-16(24)14-13-9-6-10-22(13)20(15(14)17(23)25)11-7-4-5-8-12(11)21-18(20)26/h4-5,7-8,13-15H,6,9-10H2,1-3H3,(H,21,26)/t13?,14-,15+,20?/m1/s1. The SMILES string of the molecule is CC(C)(C)N1C(=O)[C@@H]2C3CCCN3C3(C(=O)Nc4ccccc43)[C@@H]2C1=O. The lowest BCUT2D eigenvalue weighted by Crippen LogP contribution is -2.56. The van der Waals surface area contributed by atoms with Gasteiger partial charge in [0.05, 0.1) is 11.8 Å². The molecule has 6 heteroatoms. The van der Waals surface area contributed by atoms with Crippen molar-refractivity contribution in [2.75, 3.05) is 11.9 Å². The number of fused-ring (bicyclic) bond motifs is 7. The van der Waals surface area contributed by atoms with E-state index in [9.17, 15) is 14.4 Å². The van der Waals surface area contributed by atoms with Crippen molar-refractivity contribution in [2.45, 2.75) is 50.7 Å². The molecule has 136 valence electrons. The fraction of sp³-hybridized carbons (Fsp3) is 0.550. The second kappa shape index (κ2) is 4.74. The molecule has 0 aromatic heterocycles. The van der Waals surface area contributed by atoms with Crippen LogP contribution < -0.4 is 5.32 Å². The van der Waals surface area contributed by atoms with Crippen LogP contribution in [0.5, 0.6) is 0 Å². The van der Waals surface area contributed by atoms with Crippen LogP contribution in [0.25, 0.3) is 0 Å². The third-order valence-corrected chi connectivity index (χ3v) is 6.57. The van der Waals surface area contributed by atoms with E-state index in [0.717, 1.165) is 30.6 Å². The summed E-state index contributed by atoms with van der Waals surface area (Å²) in [5, 5.41) is 2.98. The van der Waals surface area contributed by atoms with E-state index in [1.54, 1.807) is 0 Å². The normalized spacial score (nSPS) is 35.9. The van der Waals surface area contributed by atoms with Crippen LogP contribution in [0.1, 0.15) is 39.2 Å². The largest absolute Gasteiger partial charge is 0.324 e. The molecule has 6 nitrogen and oxygen atoms in total. The first kappa shape index (κ1) is 16.0. The number of amides is 3. The maximum absolute atomic E-state index is 13.5. The molecular formula is C20H23N3O3. The van der Waals surface area contributed by atoms with Crippen LogP contribution in [-0.2, 0) is 19.9 Å². The summed E-state index contributed by atoms with van der Waals surface area (Å²) in [6.07, 6.45) is 1.80. The molecule has 26 heavy (non-hydrogen) atoms. The van der Waals surface area contributed by atoms with Gasteiger partial charge in [-0.25, -0.2) is 0 Å². The Morgan fingerprint density at radius 2 is 1.85 bits per heavy atom. The molecule has 5 rings (SSSR count). The van der Waals surface area contributed by atoms with Gasteiger partial charge in [-0.15, -0.1) is 0 Å². The number of anilines is 1. The van der Waals surface area contributed by atoms with Crippen LogP contribution in [0.3, 0.4) is 0 Å². The number of likely N-dealkylation sites (tertiary alicyclic amines) is 1. The highest BCUT2D eigenvalue weighted by Gasteiger charge is 2.75. The van der Waals surface area contributed by atoms with Crippen molar-refractivity contribution in [2.24, 2.45) is 11.8 Å². The number of hydrogen-bond acceptors (Lipinski definition) is 4. The Kier molecular flexibility index (Phi) is 2.92. The summed E-state index contributed by atoms with van der Waals surface area (Å²) in [5.41, 5.74) is -0.0213. The fourth-order valence-electron chi connectivity index (χ4n) is 5.82. The molecule has 0 bridgehead atoms. The average Bonchev–Trinajstić information content (AvgIpc) is 3.24. The van der Waals surface area contributed by atoms with E-state index in [0.29, 0.717) is 0 Å². The molecule has 4 aliphatic rings. The van der Waals surface area contributed by atoms with Gasteiger partial charge in [-0.05, 0) is 46.2 Å². The molecule has 3 fully saturated rings. The van der Waals surface area contributed by atoms with Crippen LogP contribution in [-0.4, -0.2) is 45.6 Å². The van der Waals surface area contributed by atoms with Crippen molar-refractivity contribution in [3.63, 3.8) is 0 Å². The minimum absolute atomic E-state index is 0.0410. The summed E-state index contributed by atoms with van der Waals surface area (Å²) in [6.45, 7) is 6.39. The van der Waals surface area contributed by atoms with Crippen molar-refractivity contribution in [3.05, 3.63) is 29.8 Å². The Morgan fingerprint density at radius 3 is 2.58 bits per heavy atom. The number of rotatable bonds is 0. The molecule has 4 aliphatic heterocycles. The van der Waals surface area contributed by atoms with E-state index >= 15 is 0 Å². The van der Waals surface area contributed by atoms with E-state index in [1.807, 2.05) is 45.0 Å². The Morgan fingerprint density at radius 1 is 1.12 bits per heavy atom. The number of imide groups is 1. The van der Waals surface area contributed by atoms with E-state index in [1.165, 1.54) is 4.90 Å².